The molecule has 2 aromatic carbocycles. The number of aromatic hydroxyl groups is 1. The molecule has 0 fully saturated rings. The molecule has 3 rings (SSSR count). The minimum atomic E-state index is -1.35. The number of fused-ring (bicyclic) bond motifs is 1. The van der Waals surface area contributed by atoms with Gasteiger partial charge in [0.2, 0.25) is 17.7 Å². The summed E-state index contributed by atoms with van der Waals surface area (Å²) in [6.07, 6.45) is 1.22. The van der Waals surface area contributed by atoms with Crippen molar-refractivity contribution in [2.24, 2.45) is 22.2 Å². The van der Waals surface area contributed by atoms with Crippen LogP contribution in [0.4, 0.5) is 0 Å². The van der Waals surface area contributed by atoms with E-state index in [-0.39, 0.29) is 56.8 Å². The molecular formula is C31H40N8O8. The molecule has 16 heteroatoms. The second-order valence-electron chi connectivity index (χ2n) is 10.9. The Kier molecular flexibility index (Phi) is 13.1. The van der Waals surface area contributed by atoms with Crippen LogP contribution in [0.25, 0.3) is 10.9 Å². The molecule has 0 aliphatic rings. The number of H-pyrrole nitrogens is 1. The number of nitrogens with zero attached hydrogens (tertiary/aromatic N) is 1. The summed E-state index contributed by atoms with van der Waals surface area (Å²) in [5.41, 5.74) is 18.7. The van der Waals surface area contributed by atoms with Crippen LogP contribution in [0.5, 0.6) is 5.75 Å². The van der Waals surface area contributed by atoms with E-state index in [2.05, 4.69) is 25.9 Å². The fraction of sp³-hybridized carbons (Fsp3) is 0.355. The summed E-state index contributed by atoms with van der Waals surface area (Å²) in [5.74, 6) is -5.00. The van der Waals surface area contributed by atoms with Gasteiger partial charge >= 0.3 is 11.9 Å². The van der Waals surface area contributed by atoms with Gasteiger partial charge in [0.15, 0.2) is 5.96 Å². The smallest absolute Gasteiger partial charge is 0.326 e. The molecule has 3 aromatic rings. The fourth-order valence-electron chi connectivity index (χ4n) is 4.80. The maximum absolute atomic E-state index is 13.6. The second-order valence-corrected chi connectivity index (χ2v) is 10.9. The molecule has 4 unspecified atom stereocenters. The highest BCUT2D eigenvalue weighted by Crippen LogP contribution is 2.19. The van der Waals surface area contributed by atoms with Crippen molar-refractivity contribution in [2.75, 3.05) is 6.54 Å². The minimum absolute atomic E-state index is 0.00573. The third-order valence-corrected chi connectivity index (χ3v) is 7.31. The first-order valence-corrected chi connectivity index (χ1v) is 14.8. The summed E-state index contributed by atoms with van der Waals surface area (Å²) in [4.78, 5) is 70.1. The lowest BCUT2D eigenvalue weighted by Gasteiger charge is -2.25. The minimum Gasteiger partial charge on any atom is -0.508 e. The number of guanidine groups is 1. The zero-order valence-corrected chi connectivity index (χ0v) is 25.5. The van der Waals surface area contributed by atoms with Crippen LogP contribution in [0.15, 0.2) is 59.7 Å². The number of amides is 3. The maximum atomic E-state index is 13.6. The van der Waals surface area contributed by atoms with Gasteiger partial charge in [-0.3, -0.25) is 24.2 Å². The van der Waals surface area contributed by atoms with Gasteiger partial charge in [0, 0.05) is 42.9 Å². The van der Waals surface area contributed by atoms with Crippen LogP contribution in [0, 0.1) is 0 Å². The Morgan fingerprint density at radius 1 is 0.809 bits per heavy atom. The number of aromatic amines is 1. The molecule has 0 aliphatic heterocycles. The summed E-state index contributed by atoms with van der Waals surface area (Å²) in [7, 11) is 0. The van der Waals surface area contributed by atoms with E-state index in [1.54, 1.807) is 6.20 Å². The van der Waals surface area contributed by atoms with E-state index < -0.39 is 53.8 Å². The number of carbonyl (C=O) groups is 5. The summed E-state index contributed by atoms with van der Waals surface area (Å²) < 4.78 is 0. The Morgan fingerprint density at radius 3 is 2.11 bits per heavy atom. The van der Waals surface area contributed by atoms with Crippen molar-refractivity contribution in [3.05, 3.63) is 65.9 Å². The number of hydrogen-bond donors (Lipinski definition) is 10. The number of hydrogen-bond acceptors (Lipinski definition) is 8. The topological polar surface area (TPSA) is 288 Å². The van der Waals surface area contributed by atoms with Crippen LogP contribution < -0.4 is 33.2 Å². The van der Waals surface area contributed by atoms with Crippen LogP contribution in [-0.2, 0) is 36.8 Å². The Bertz CT molecular complexity index is 1590. The lowest BCUT2D eigenvalue weighted by atomic mass is 10.0. The molecule has 0 spiro atoms. The van der Waals surface area contributed by atoms with Crippen LogP contribution in [0.2, 0.25) is 0 Å². The Hall–Kier alpha value is -5.64. The molecule has 3 amide bonds. The number of carboxylic acids is 2. The van der Waals surface area contributed by atoms with Crippen molar-refractivity contribution in [2.45, 2.75) is 62.7 Å². The number of nitrogens with one attached hydrogen (secondary N) is 4. The average molecular weight is 653 g/mol. The summed E-state index contributed by atoms with van der Waals surface area (Å²) in [6, 6.07) is 8.03. The number of phenols is 1. The van der Waals surface area contributed by atoms with E-state index in [4.69, 9.17) is 22.3 Å². The molecule has 1 aromatic heterocycles. The molecule has 47 heavy (non-hydrogen) atoms. The number of phenolic OH excluding ortho intramolecular Hbond substituents is 1. The third kappa shape index (κ3) is 11.3. The molecule has 0 radical (unpaired) electrons. The SMILES string of the molecule is NC(N)=NCCCC(NC(=O)C(Cc1ccc(O)cc1)NC(=O)C(N)CCC(=O)O)C(=O)NC(Cc1c[nH]c2ccccc12)C(=O)O. The van der Waals surface area contributed by atoms with E-state index in [1.165, 1.54) is 24.3 Å². The average Bonchev–Trinajstić information content (AvgIpc) is 3.43. The highest BCUT2D eigenvalue weighted by Gasteiger charge is 2.31. The number of aliphatic imine (C=N–C) groups is 1. The zero-order valence-electron chi connectivity index (χ0n) is 25.5. The largest absolute Gasteiger partial charge is 0.508 e. The van der Waals surface area contributed by atoms with E-state index in [1.807, 2.05) is 24.3 Å². The van der Waals surface area contributed by atoms with Crippen molar-refractivity contribution < 1.29 is 39.3 Å². The highest BCUT2D eigenvalue weighted by atomic mass is 16.4. The number of rotatable bonds is 18. The predicted octanol–water partition coefficient (Wildman–Crippen LogP) is -0.557. The predicted molar refractivity (Wildman–Crippen MR) is 172 cm³/mol. The molecule has 0 bridgehead atoms. The number of nitrogens with two attached hydrogens (primary N) is 3. The van der Waals surface area contributed by atoms with Gasteiger partial charge in [-0.05, 0) is 48.6 Å². The summed E-state index contributed by atoms with van der Waals surface area (Å²) in [5, 5.41) is 37.0. The molecule has 0 aliphatic carbocycles. The van der Waals surface area contributed by atoms with Gasteiger partial charge in [0.1, 0.15) is 23.9 Å². The Balaban J connectivity index is 1.82. The van der Waals surface area contributed by atoms with Crippen molar-refractivity contribution in [1.82, 2.24) is 20.9 Å². The molecule has 0 saturated heterocycles. The first-order valence-electron chi connectivity index (χ1n) is 14.8. The van der Waals surface area contributed by atoms with E-state index in [0.29, 0.717) is 11.1 Å². The van der Waals surface area contributed by atoms with Gasteiger partial charge < -0.3 is 53.5 Å². The van der Waals surface area contributed by atoms with Crippen molar-refractivity contribution in [3.8, 4) is 5.75 Å². The fourth-order valence-corrected chi connectivity index (χ4v) is 4.80. The first-order chi connectivity index (χ1) is 22.3. The van der Waals surface area contributed by atoms with Gasteiger partial charge in [0.25, 0.3) is 0 Å². The summed E-state index contributed by atoms with van der Waals surface area (Å²) in [6.45, 7) is 0.117. The maximum Gasteiger partial charge on any atom is 0.326 e. The molecule has 252 valence electrons. The number of benzene rings is 2. The number of para-hydroxylation sites is 1. The number of carbonyl (C=O) groups excluding carboxylic acids is 3. The van der Waals surface area contributed by atoms with Crippen molar-refractivity contribution in [1.29, 1.82) is 0 Å². The van der Waals surface area contributed by atoms with Crippen molar-refractivity contribution >= 4 is 46.5 Å². The van der Waals surface area contributed by atoms with Crippen LogP contribution in [0.1, 0.15) is 36.8 Å². The normalized spacial score (nSPS) is 13.5. The number of aliphatic carboxylic acids is 2. The molecule has 1 heterocycles. The van der Waals surface area contributed by atoms with Gasteiger partial charge in [-0.2, -0.15) is 0 Å². The summed E-state index contributed by atoms with van der Waals surface area (Å²) >= 11 is 0. The van der Waals surface area contributed by atoms with Crippen LogP contribution in [0.3, 0.4) is 0 Å². The van der Waals surface area contributed by atoms with E-state index in [0.717, 1.165) is 10.9 Å². The number of aromatic nitrogens is 1. The first kappa shape index (κ1) is 35.8. The van der Waals surface area contributed by atoms with Gasteiger partial charge in [-0.25, -0.2) is 4.79 Å². The Labute approximate surface area is 269 Å². The van der Waals surface area contributed by atoms with E-state index in [9.17, 15) is 34.2 Å². The molecule has 0 saturated carbocycles. The number of carboxylic acid groups (broad SMARTS) is 2. The third-order valence-electron chi connectivity index (χ3n) is 7.31. The van der Waals surface area contributed by atoms with Gasteiger partial charge in [0.05, 0.1) is 6.04 Å². The van der Waals surface area contributed by atoms with E-state index >= 15 is 0 Å². The molecule has 4 atom stereocenters. The lowest BCUT2D eigenvalue weighted by molar-refractivity contribution is -0.142. The monoisotopic (exact) mass is 652 g/mol. The molecule has 13 N–H and O–H groups in total. The zero-order chi connectivity index (χ0) is 34.5. The lowest BCUT2D eigenvalue weighted by Crippen LogP contribution is -2.57. The molecule has 16 nitrogen and oxygen atoms in total. The van der Waals surface area contributed by atoms with Gasteiger partial charge in [-0.15, -0.1) is 0 Å². The van der Waals surface area contributed by atoms with Gasteiger partial charge in [-0.1, -0.05) is 30.3 Å². The second kappa shape index (κ2) is 17.2. The van der Waals surface area contributed by atoms with Crippen LogP contribution >= 0.6 is 0 Å². The quantitative estimate of drug-likeness (QED) is 0.0472. The highest BCUT2D eigenvalue weighted by molar-refractivity contribution is 5.94. The van der Waals surface area contributed by atoms with Crippen molar-refractivity contribution in [3.63, 3.8) is 0 Å². The Morgan fingerprint density at radius 2 is 1.45 bits per heavy atom. The molecular weight excluding hydrogens is 612 g/mol. The van der Waals surface area contributed by atoms with Crippen LogP contribution in [-0.4, -0.2) is 86.6 Å². The standard InChI is InChI=1S/C31H40N8O8/c32-21(11-12-26(41)42)27(43)38-24(14-17-7-9-19(40)10-8-17)29(45)37-23(6-3-13-35-31(33)34)28(44)39-25(30(46)47)15-18-16-36-22-5-2-1-4-20(18)22/h1-2,4-5,7-10,16,21,23-25,36,40H,3,6,11-15,32H2,(H,37,45)(H,38,43)(H,39,44)(H,41,42)(H,46,47)(H4,33,34,35).